The molecule has 1 N–H and O–H groups in total. The summed E-state index contributed by atoms with van der Waals surface area (Å²) in [6.45, 7) is 0. The monoisotopic (exact) mass is 345 g/mol. The fraction of sp³-hybridized carbons (Fsp3) is 0.316. The van der Waals surface area contributed by atoms with Crippen molar-refractivity contribution in [2.45, 2.75) is 25.7 Å². The van der Waals surface area contributed by atoms with E-state index >= 15 is 0 Å². The van der Waals surface area contributed by atoms with Crippen molar-refractivity contribution in [3.05, 3.63) is 52.0 Å². The van der Waals surface area contributed by atoms with E-state index in [9.17, 15) is 4.79 Å². The average Bonchev–Trinajstić information content (AvgIpc) is 2.61. The highest BCUT2D eigenvalue weighted by atomic mass is 35.5. The van der Waals surface area contributed by atoms with Gasteiger partial charge in [-0.25, -0.2) is 0 Å². The van der Waals surface area contributed by atoms with E-state index < -0.39 is 0 Å². The molecule has 1 aliphatic carbocycles. The van der Waals surface area contributed by atoms with Crippen molar-refractivity contribution in [2.24, 2.45) is 0 Å². The summed E-state index contributed by atoms with van der Waals surface area (Å²) in [5, 5.41) is 3.41. The molecule has 0 radical (unpaired) electrons. The van der Waals surface area contributed by atoms with E-state index in [-0.39, 0.29) is 5.91 Å². The third kappa shape index (κ3) is 3.34. The number of halogens is 1. The molecule has 1 aliphatic rings. The van der Waals surface area contributed by atoms with E-state index in [4.69, 9.17) is 21.1 Å². The molecular weight excluding hydrogens is 326 g/mol. The lowest BCUT2D eigenvalue weighted by atomic mass is 9.91. The number of carbonyl (C=O) groups is 1. The van der Waals surface area contributed by atoms with E-state index in [1.165, 1.54) is 31.1 Å². The molecule has 4 nitrogen and oxygen atoms in total. The molecule has 0 aliphatic heterocycles. The highest BCUT2D eigenvalue weighted by Crippen LogP contribution is 2.33. The van der Waals surface area contributed by atoms with Crippen LogP contribution in [-0.4, -0.2) is 20.1 Å². The van der Waals surface area contributed by atoms with Crippen LogP contribution >= 0.6 is 11.6 Å². The Morgan fingerprint density at radius 1 is 1.00 bits per heavy atom. The summed E-state index contributed by atoms with van der Waals surface area (Å²) in [5.74, 6) is 0.877. The normalized spacial score (nSPS) is 13.1. The number of amides is 1. The molecule has 0 spiro atoms. The maximum atomic E-state index is 12.7. The molecule has 0 bridgehead atoms. The molecule has 0 saturated heterocycles. The smallest absolute Gasteiger partial charge is 0.259 e. The van der Waals surface area contributed by atoms with Crippen LogP contribution in [0.5, 0.6) is 11.5 Å². The first kappa shape index (κ1) is 16.7. The Morgan fingerprint density at radius 2 is 1.67 bits per heavy atom. The van der Waals surface area contributed by atoms with Crippen LogP contribution in [0.25, 0.3) is 0 Å². The molecule has 24 heavy (non-hydrogen) atoms. The maximum Gasteiger partial charge on any atom is 0.259 e. The summed E-state index contributed by atoms with van der Waals surface area (Å²) >= 11 is 6.01. The highest BCUT2D eigenvalue weighted by molar-refractivity contribution is 6.31. The van der Waals surface area contributed by atoms with Crippen molar-refractivity contribution in [3.63, 3.8) is 0 Å². The molecule has 0 unspecified atom stereocenters. The average molecular weight is 346 g/mol. The Hall–Kier alpha value is -2.20. The molecule has 0 aromatic heterocycles. The second-order valence-corrected chi connectivity index (χ2v) is 6.26. The second-order valence-electron chi connectivity index (χ2n) is 5.83. The lowest BCUT2D eigenvalue weighted by molar-refractivity contribution is 0.102. The Morgan fingerprint density at radius 3 is 2.33 bits per heavy atom. The molecule has 0 heterocycles. The number of ether oxygens (including phenoxy) is 2. The lowest BCUT2D eigenvalue weighted by Crippen LogP contribution is -2.15. The zero-order valence-electron chi connectivity index (χ0n) is 13.8. The van der Waals surface area contributed by atoms with Crippen LogP contribution < -0.4 is 14.8 Å². The van der Waals surface area contributed by atoms with Crippen molar-refractivity contribution < 1.29 is 14.3 Å². The van der Waals surface area contributed by atoms with Gasteiger partial charge in [0.1, 0.15) is 11.5 Å². The first-order valence-corrected chi connectivity index (χ1v) is 8.35. The molecule has 0 fully saturated rings. The lowest BCUT2D eigenvalue weighted by Gasteiger charge is -2.20. The van der Waals surface area contributed by atoms with Crippen LogP contribution in [-0.2, 0) is 12.8 Å². The van der Waals surface area contributed by atoms with E-state index in [0.717, 1.165) is 12.8 Å². The largest absolute Gasteiger partial charge is 0.496 e. The molecule has 126 valence electrons. The SMILES string of the molecule is COc1cc2c(cc1NC(=O)c1cc(Cl)ccc1OC)CCCC2. The zero-order chi connectivity index (χ0) is 17.1. The number of aryl methyl sites for hydroxylation is 2. The highest BCUT2D eigenvalue weighted by Gasteiger charge is 2.18. The van der Waals surface area contributed by atoms with Gasteiger partial charge in [0.25, 0.3) is 5.91 Å². The van der Waals surface area contributed by atoms with Crippen molar-refractivity contribution in [3.8, 4) is 11.5 Å². The van der Waals surface area contributed by atoms with Crippen LogP contribution in [0.1, 0.15) is 34.3 Å². The maximum absolute atomic E-state index is 12.7. The van der Waals surface area contributed by atoms with Crippen molar-refractivity contribution in [1.29, 1.82) is 0 Å². The third-order valence-electron chi connectivity index (χ3n) is 4.32. The van der Waals surface area contributed by atoms with E-state index in [0.29, 0.717) is 27.8 Å². The van der Waals surface area contributed by atoms with E-state index in [1.54, 1.807) is 25.3 Å². The first-order valence-electron chi connectivity index (χ1n) is 7.97. The van der Waals surface area contributed by atoms with Gasteiger partial charge in [-0.1, -0.05) is 11.6 Å². The van der Waals surface area contributed by atoms with Gasteiger partial charge in [0, 0.05) is 5.02 Å². The minimum absolute atomic E-state index is 0.275. The van der Waals surface area contributed by atoms with Gasteiger partial charge in [0.2, 0.25) is 0 Å². The summed E-state index contributed by atoms with van der Waals surface area (Å²) in [6.07, 6.45) is 4.46. The van der Waals surface area contributed by atoms with Crippen LogP contribution in [0.3, 0.4) is 0 Å². The number of anilines is 1. The molecule has 2 aromatic carbocycles. The molecular formula is C19H20ClNO3. The van der Waals surface area contributed by atoms with Gasteiger partial charge in [-0.15, -0.1) is 0 Å². The van der Waals surface area contributed by atoms with E-state index in [2.05, 4.69) is 5.32 Å². The summed E-state index contributed by atoms with van der Waals surface area (Å²) < 4.78 is 10.7. The number of rotatable bonds is 4. The number of hydrogen-bond donors (Lipinski definition) is 1. The van der Waals surface area contributed by atoms with Gasteiger partial charge in [0.05, 0.1) is 25.5 Å². The van der Waals surface area contributed by atoms with Gasteiger partial charge in [-0.2, -0.15) is 0 Å². The van der Waals surface area contributed by atoms with Gasteiger partial charge < -0.3 is 14.8 Å². The van der Waals surface area contributed by atoms with Crippen LogP contribution in [0, 0.1) is 0 Å². The predicted molar refractivity (Wildman–Crippen MR) is 95.6 cm³/mol. The number of nitrogens with one attached hydrogen (secondary N) is 1. The van der Waals surface area contributed by atoms with Crippen molar-refractivity contribution in [1.82, 2.24) is 0 Å². The number of fused-ring (bicyclic) bond motifs is 1. The summed E-state index contributed by atoms with van der Waals surface area (Å²) in [6, 6.07) is 9.01. The number of methoxy groups -OCH3 is 2. The number of benzene rings is 2. The standard InChI is InChI=1S/C19H20ClNO3/c1-23-17-8-7-14(20)11-15(17)19(22)21-16-9-12-5-3-4-6-13(12)10-18(16)24-2/h7-11H,3-6H2,1-2H3,(H,21,22). The first-order chi connectivity index (χ1) is 11.6. The fourth-order valence-electron chi connectivity index (χ4n) is 3.08. The minimum atomic E-state index is -0.275. The predicted octanol–water partition coefficient (Wildman–Crippen LogP) is 4.49. The quantitative estimate of drug-likeness (QED) is 0.888. The number of carbonyl (C=O) groups excluding carboxylic acids is 1. The van der Waals surface area contributed by atoms with Crippen LogP contribution in [0.2, 0.25) is 5.02 Å². The van der Waals surface area contributed by atoms with Crippen LogP contribution in [0.4, 0.5) is 5.69 Å². The van der Waals surface area contributed by atoms with Crippen LogP contribution in [0.15, 0.2) is 30.3 Å². The summed E-state index contributed by atoms with van der Waals surface area (Å²) in [5.41, 5.74) is 3.64. The van der Waals surface area contributed by atoms with Gasteiger partial charge in [0.15, 0.2) is 0 Å². The van der Waals surface area contributed by atoms with Gasteiger partial charge in [-0.05, 0) is 67.1 Å². The molecule has 2 aromatic rings. The minimum Gasteiger partial charge on any atom is -0.496 e. The number of hydrogen-bond acceptors (Lipinski definition) is 3. The molecule has 1 amide bonds. The Kier molecular flexibility index (Phi) is 4.95. The Bertz CT molecular complexity index is 773. The zero-order valence-corrected chi connectivity index (χ0v) is 14.6. The Labute approximate surface area is 146 Å². The fourth-order valence-corrected chi connectivity index (χ4v) is 3.25. The molecule has 5 heteroatoms. The topological polar surface area (TPSA) is 47.6 Å². The third-order valence-corrected chi connectivity index (χ3v) is 4.55. The summed E-state index contributed by atoms with van der Waals surface area (Å²) in [7, 11) is 3.14. The molecule has 0 saturated carbocycles. The summed E-state index contributed by atoms with van der Waals surface area (Å²) in [4.78, 5) is 12.7. The Balaban J connectivity index is 1.93. The second kappa shape index (κ2) is 7.14. The van der Waals surface area contributed by atoms with Crippen molar-refractivity contribution >= 4 is 23.2 Å². The molecule has 3 rings (SSSR count). The van der Waals surface area contributed by atoms with Crippen molar-refractivity contribution in [2.75, 3.05) is 19.5 Å². The molecule has 0 atom stereocenters. The van der Waals surface area contributed by atoms with Gasteiger partial charge >= 0.3 is 0 Å². The van der Waals surface area contributed by atoms with E-state index in [1.807, 2.05) is 12.1 Å². The van der Waals surface area contributed by atoms with Gasteiger partial charge in [-0.3, -0.25) is 4.79 Å².